The van der Waals surface area contributed by atoms with Crippen molar-refractivity contribution in [2.24, 2.45) is 0 Å². The van der Waals surface area contributed by atoms with Gasteiger partial charge in [0.15, 0.2) is 5.78 Å². The number of anilines is 1. The molecular weight excluding hydrogens is 392 g/mol. The van der Waals surface area contributed by atoms with Crippen LogP contribution < -0.4 is 5.32 Å². The van der Waals surface area contributed by atoms with Gasteiger partial charge < -0.3 is 10.1 Å². The van der Waals surface area contributed by atoms with Gasteiger partial charge in [-0.05, 0) is 55.7 Å². The first-order chi connectivity index (χ1) is 12.5. The molecule has 0 unspecified atom stereocenters. The van der Waals surface area contributed by atoms with Gasteiger partial charge in [0.2, 0.25) is 0 Å². The zero-order chi connectivity index (χ0) is 18.6. The van der Waals surface area contributed by atoms with Crippen molar-refractivity contribution < 1.29 is 9.53 Å². The van der Waals surface area contributed by atoms with Crippen molar-refractivity contribution >= 4 is 27.4 Å². The number of ether oxygens (including phenoxy) is 1. The summed E-state index contributed by atoms with van der Waals surface area (Å²) in [7, 11) is 0. The molecule has 4 nitrogen and oxygen atoms in total. The minimum absolute atomic E-state index is 0.00812. The first kappa shape index (κ1) is 18.6. The molecule has 1 fully saturated rings. The number of nitrogens with one attached hydrogen (secondary N) is 1. The van der Waals surface area contributed by atoms with Crippen LogP contribution in [0.1, 0.15) is 41.3 Å². The number of nitrogens with zero attached hydrogens (tertiary/aromatic N) is 1. The van der Waals surface area contributed by atoms with Gasteiger partial charge in [-0.3, -0.25) is 4.79 Å². The molecule has 5 heteroatoms. The third-order valence-corrected chi connectivity index (χ3v) is 5.60. The number of carbonyl (C=O) groups is 1. The highest BCUT2D eigenvalue weighted by Crippen LogP contribution is 2.36. The van der Waals surface area contributed by atoms with E-state index in [0.29, 0.717) is 23.4 Å². The Bertz CT molecular complexity index is 834. The number of benzene rings is 2. The largest absolute Gasteiger partial charge is 0.383 e. The summed E-state index contributed by atoms with van der Waals surface area (Å²) in [4.78, 5) is 11.7. The van der Waals surface area contributed by atoms with Crippen LogP contribution in [0.25, 0.3) is 0 Å². The van der Waals surface area contributed by atoms with Gasteiger partial charge in [-0.25, -0.2) is 0 Å². The number of hydrogen-bond donors (Lipinski definition) is 1. The minimum Gasteiger partial charge on any atom is -0.383 e. The number of ketones is 1. The first-order valence-corrected chi connectivity index (χ1v) is 9.46. The summed E-state index contributed by atoms with van der Waals surface area (Å²) in [6.07, 6.45) is 1.83. The molecule has 1 aliphatic heterocycles. The maximum Gasteiger partial charge on any atom is 0.159 e. The molecule has 0 aromatic heterocycles. The van der Waals surface area contributed by atoms with Gasteiger partial charge in [0.05, 0.1) is 11.3 Å². The van der Waals surface area contributed by atoms with Crippen molar-refractivity contribution in [3.63, 3.8) is 0 Å². The first-order valence-electron chi connectivity index (χ1n) is 8.67. The van der Waals surface area contributed by atoms with Crippen LogP contribution in [0.15, 0.2) is 46.9 Å². The van der Waals surface area contributed by atoms with Crippen molar-refractivity contribution in [1.82, 2.24) is 0 Å². The highest BCUT2D eigenvalue weighted by Gasteiger charge is 2.34. The third kappa shape index (κ3) is 3.98. The lowest BCUT2D eigenvalue weighted by atomic mass is 9.74. The zero-order valence-corrected chi connectivity index (χ0v) is 16.3. The smallest absolute Gasteiger partial charge is 0.159 e. The zero-order valence-electron chi connectivity index (χ0n) is 14.7. The molecule has 26 heavy (non-hydrogen) atoms. The van der Waals surface area contributed by atoms with E-state index in [1.165, 1.54) is 12.5 Å². The number of rotatable bonds is 5. The lowest BCUT2D eigenvalue weighted by Crippen LogP contribution is -2.40. The summed E-state index contributed by atoms with van der Waals surface area (Å²) in [6.45, 7) is 3.66. The number of halogens is 1. The van der Waals surface area contributed by atoms with Crippen molar-refractivity contribution in [2.75, 3.05) is 25.1 Å². The van der Waals surface area contributed by atoms with Gasteiger partial charge in [-0.1, -0.05) is 28.1 Å². The average molecular weight is 413 g/mol. The maximum absolute atomic E-state index is 11.7. The molecule has 1 N–H and O–H groups in total. The van der Waals surface area contributed by atoms with Crippen molar-refractivity contribution in [3.8, 4) is 6.07 Å². The van der Waals surface area contributed by atoms with Crippen LogP contribution in [-0.4, -0.2) is 25.5 Å². The van der Waals surface area contributed by atoms with Gasteiger partial charge in [0.1, 0.15) is 6.07 Å². The highest BCUT2D eigenvalue weighted by molar-refractivity contribution is 9.10. The van der Waals surface area contributed by atoms with E-state index in [0.717, 1.165) is 30.5 Å². The molecule has 0 radical (unpaired) electrons. The van der Waals surface area contributed by atoms with Gasteiger partial charge in [-0.15, -0.1) is 0 Å². The van der Waals surface area contributed by atoms with Crippen molar-refractivity contribution in [1.29, 1.82) is 5.26 Å². The average Bonchev–Trinajstić information content (AvgIpc) is 2.67. The van der Waals surface area contributed by atoms with Crippen LogP contribution in [0.5, 0.6) is 0 Å². The molecule has 1 saturated heterocycles. The summed E-state index contributed by atoms with van der Waals surface area (Å²) in [6, 6.07) is 15.8. The lowest BCUT2D eigenvalue weighted by molar-refractivity contribution is 0.0544. The lowest BCUT2D eigenvalue weighted by Gasteiger charge is -2.38. The SMILES string of the molecule is CC(=O)c1ccc(C#N)c(NCC2(c3ccc(Br)cc3)CCOCC2)c1. The fraction of sp³-hybridized carbons (Fsp3) is 0.333. The standard InChI is InChI=1S/C21H21BrN2O2/c1-15(25)16-2-3-17(13-23)20(12-16)24-14-21(8-10-26-11-9-21)18-4-6-19(22)7-5-18/h2-7,12,24H,8-11,14H2,1H3. The number of hydrogen-bond acceptors (Lipinski definition) is 4. The van der Waals surface area contributed by atoms with Crippen LogP contribution in [0.4, 0.5) is 5.69 Å². The molecule has 0 saturated carbocycles. The van der Waals surface area contributed by atoms with Gasteiger partial charge in [-0.2, -0.15) is 5.26 Å². The second-order valence-corrected chi connectivity index (χ2v) is 7.60. The molecule has 0 spiro atoms. The van der Waals surface area contributed by atoms with Crippen LogP contribution in [-0.2, 0) is 10.2 Å². The Morgan fingerprint density at radius 3 is 2.54 bits per heavy atom. The summed E-state index contributed by atoms with van der Waals surface area (Å²) in [5.41, 5.74) is 3.07. The molecule has 1 heterocycles. The minimum atomic E-state index is -0.0576. The molecule has 3 rings (SSSR count). The number of Topliss-reactive ketones (excluding diaryl/α,β-unsaturated/α-hetero) is 1. The van der Waals surface area contributed by atoms with E-state index < -0.39 is 0 Å². The van der Waals surface area contributed by atoms with E-state index in [1.54, 1.807) is 18.2 Å². The summed E-state index contributed by atoms with van der Waals surface area (Å²) in [5.74, 6) is -0.00812. The van der Waals surface area contributed by atoms with Gasteiger partial charge >= 0.3 is 0 Å². The third-order valence-electron chi connectivity index (χ3n) is 5.07. The second kappa shape index (κ2) is 8.03. The fourth-order valence-corrected chi connectivity index (χ4v) is 3.67. The second-order valence-electron chi connectivity index (χ2n) is 6.68. The monoisotopic (exact) mass is 412 g/mol. The molecular formula is C21H21BrN2O2. The van der Waals surface area contributed by atoms with E-state index in [1.807, 2.05) is 0 Å². The molecule has 134 valence electrons. The van der Waals surface area contributed by atoms with E-state index in [9.17, 15) is 10.1 Å². The molecule has 2 aromatic carbocycles. The molecule has 2 aromatic rings. The topological polar surface area (TPSA) is 62.1 Å². The van der Waals surface area contributed by atoms with E-state index in [2.05, 4.69) is 51.6 Å². The van der Waals surface area contributed by atoms with E-state index in [-0.39, 0.29) is 11.2 Å². The van der Waals surface area contributed by atoms with Crippen molar-refractivity contribution in [3.05, 3.63) is 63.6 Å². The van der Waals surface area contributed by atoms with Crippen LogP contribution in [0, 0.1) is 11.3 Å². The normalized spacial score (nSPS) is 15.9. The van der Waals surface area contributed by atoms with Gasteiger partial charge in [0, 0.05) is 35.2 Å². The van der Waals surface area contributed by atoms with Gasteiger partial charge in [0.25, 0.3) is 0 Å². The molecule has 0 atom stereocenters. The Morgan fingerprint density at radius 1 is 1.23 bits per heavy atom. The molecule has 1 aliphatic rings. The van der Waals surface area contributed by atoms with Crippen LogP contribution in [0.2, 0.25) is 0 Å². The number of carbonyl (C=O) groups excluding carboxylic acids is 1. The highest BCUT2D eigenvalue weighted by atomic mass is 79.9. The summed E-state index contributed by atoms with van der Waals surface area (Å²) < 4.78 is 6.64. The summed E-state index contributed by atoms with van der Waals surface area (Å²) in [5, 5.41) is 12.8. The van der Waals surface area contributed by atoms with E-state index in [4.69, 9.17) is 4.74 Å². The Morgan fingerprint density at radius 2 is 1.92 bits per heavy atom. The fourth-order valence-electron chi connectivity index (χ4n) is 3.40. The maximum atomic E-state index is 11.7. The van der Waals surface area contributed by atoms with Crippen molar-refractivity contribution in [2.45, 2.75) is 25.2 Å². The molecule has 0 amide bonds. The Hall–Kier alpha value is -2.16. The number of nitriles is 1. The molecule has 0 aliphatic carbocycles. The Kier molecular flexibility index (Phi) is 5.75. The summed E-state index contributed by atoms with van der Waals surface area (Å²) >= 11 is 3.49. The van der Waals surface area contributed by atoms with E-state index >= 15 is 0 Å². The predicted octanol–water partition coefficient (Wildman–Crippen LogP) is 4.68. The quantitative estimate of drug-likeness (QED) is 0.723. The van der Waals surface area contributed by atoms with Crippen LogP contribution in [0.3, 0.4) is 0 Å². The Labute approximate surface area is 162 Å². The van der Waals surface area contributed by atoms with Crippen LogP contribution >= 0.6 is 15.9 Å². The predicted molar refractivity (Wildman–Crippen MR) is 106 cm³/mol. The Balaban J connectivity index is 1.89. The molecule has 0 bridgehead atoms.